The van der Waals surface area contributed by atoms with Crippen molar-refractivity contribution in [2.45, 2.75) is 17.2 Å². The summed E-state index contributed by atoms with van der Waals surface area (Å²) >= 11 is 3.31. The highest BCUT2D eigenvalue weighted by atomic mass is 32.2. The van der Waals surface area contributed by atoms with Crippen LogP contribution in [0.15, 0.2) is 81.5 Å². The van der Waals surface area contributed by atoms with Gasteiger partial charge in [0.05, 0.1) is 11.4 Å². The highest BCUT2D eigenvalue weighted by molar-refractivity contribution is 7.98. The summed E-state index contributed by atoms with van der Waals surface area (Å²) in [4.78, 5) is 18.8. The Kier molecular flexibility index (Phi) is 5.84. The summed E-state index contributed by atoms with van der Waals surface area (Å²) < 4.78 is 5.20. The molecular weight excluding hydrogens is 390 g/mol. The number of hydrogen-bond acceptors (Lipinski definition) is 6. The second kappa shape index (κ2) is 8.86. The monoisotopic (exact) mass is 407 g/mol. The number of benzene rings is 2. The molecule has 5 nitrogen and oxygen atoms in total. The Morgan fingerprint density at radius 1 is 1.04 bits per heavy atom. The van der Waals surface area contributed by atoms with Crippen molar-refractivity contribution in [3.05, 3.63) is 89.1 Å². The van der Waals surface area contributed by atoms with Gasteiger partial charge in [0.2, 0.25) is 11.7 Å². The quantitative estimate of drug-likeness (QED) is 0.436. The molecule has 0 bridgehead atoms. The van der Waals surface area contributed by atoms with Crippen LogP contribution in [0.3, 0.4) is 0 Å². The van der Waals surface area contributed by atoms with Crippen LogP contribution in [0.4, 0.5) is 0 Å². The van der Waals surface area contributed by atoms with Gasteiger partial charge in [0, 0.05) is 16.2 Å². The summed E-state index contributed by atoms with van der Waals surface area (Å²) in [6.45, 7) is 0.197. The third-order valence-corrected chi connectivity index (χ3v) is 5.92. The number of carbonyl (C=O) groups is 1. The van der Waals surface area contributed by atoms with E-state index in [9.17, 15) is 4.79 Å². The van der Waals surface area contributed by atoms with E-state index in [4.69, 9.17) is 4.52 Å². The van der Waals surface area contributed by atoms with Crippen LogP contribution >= 0.6 is 23.1 Å². The van der Waals surface area contributed by atoms with Gasteiger partial charge in [-0.15, -0.1) is 23.1 Å². The summed E-state index contributed by atoms with van der Waals surface area (Å²) in [7, 11) is 0. The van der Waals surface area contributed by atoms with Crippen molar-refractivity contribution >= 4 is 29.0 Å². The first-order valence-electron chi connectivity index (χ1n) is 8.69. The highest BCUT2D eigenvalue weighted by Gasteiger charge is 2.11. The van der Waals surface area contributed by atoms with Gasteiger partial charge in [-0.3, -0.25) is 4.79 Å². The standard InChI is InChI=1S/C21H17N3O2S2/c25-21(22-13-19-23-20(24-26-19)18-7-4-12-27-18)16-10-8-15(9-11-16)14-28-17-5-2-1-3-6-17/h1-12H,13-14H2,(H,22,25). The maximum Gasteiger partial charge on any atom is 0.251 e. The molecule has 0 atom stereocenters. The van der Waals surface area contributed by atoms with E-state index in [2.05, 4.69) is 27.6 Å². The number of nitrogens with zero attached hydrogens (tertiary/aromatic N) is 2. The van der Waals surface area contributed by atoms with E-state index in [1.54, 1.807) is 23.1 Å². The molecule has 2 aromatic heterocycles. The van der Waals surface area contributed by atoms with Gasteiger partial charge in [-0.25, -0.2) is 0 Å². The molecule has 0 aliphatic heterocycles. The number of nitrogens with one attached hydrogen (secondary N) is 1. The minimum absolute atomic E-state index is 0.168. The van der Waals surface area contributed by atoms with Crippen molar-refractivity contribution in [1.82, 2.24) is 15.5 Å². The minimum atomic E-state index is -0.168. The van der Waals surface area contributed by atoms with Crippen LogP contribution in [0.1, 0.15) is 21.8 Å². The van der Waals surface area contributed by atoms with Crippen LogP contribution in [0, 0.1) is 0 Å². The number of thioether (sulfide) groups is 1. The summed E-state index contributed by atoms with van der Waals surface area (Å²) in [6, 6.07) is 21.7. The molecule has 0 unspecified atom stereocenters. The molecule has 4 rings (SSSR count). The third-order valence-electron chi connectivity index (χ3n) is 3.97. The van der Waals surface area contributed by atoms with Gasteiger partial charge in [0.25, 0.3) is 5.91 Å². The predicted octanol–water partition coefficient (Wildman–Crippen LogP) is 5.02. The van der Waals surface area contributed by atoms with E-state index >= 15 is 0 Å². The van der Waals surface area contributed by atoms with Crippen molar-refractivity contribution < 1.29 is 9.32 Å². The molecule has 7 heteroatoms. The molecule has 0 aliphatic rings. The van der Waals surface area contributed by atoms with Gasteiger partial charge in [0.15, 0.2) is 0 Å². The van der Waals surface area contributed by atoms with Crippen LogP contribution < -0.4 is 5.32 Å². The first kappa shape index (κ1) is 18.5. The molecule has 2 heterocycles. The average molecular weight is 408 g/mol. The highest BCUT2D eigenvalue weighted by Crippen LogP contribution is 2.23. The molecule has 2 aromatic carbocycles. The fourth-order valence-corrected chi connectivity index (χ4v) is 4.05. The molecule has 0 spiro atoms. The molecule has 1 N–H and O–H groups in total. The number of rotatable bonds is 7. The summed E-state index contributed by atoms with van der Waals surface area (Å²) in [5.74, 6) is 1.62. The maximum absolute atomic E-state index is 12.3. The van der Waals surface area contributed by atoms with Crippen LogP contribution in [-0.2, 0) is 12.3 Å². The number of carbonyl (C=O) groups excluding carboxylic acids is 1. The second-order valence-electron chi connectivity index (χ2n) is 5.97. The number of aromatic nitrogens is 2. The van der Waals surface area contributed by atoms with Crippen LogP contribution in [-0.4, -0.2) is 16.0 Å². The van der Waals surface area contributed by atoms with Crippen molar-refractivity contribution in [2.24, 2.45) is 0 Å². The Hall–Kier alpha value is -2.90. The molecule has 0 saturated heterocycles. The second-order valence-corrected chi connectivity index (χ2v) is 7.97. The molecular formula is C21H17N3O2S2. The van der Waals surface area contributed by atoms with E-state index in [-0.39, 0.29) is 12.5 Å². The Morgan fingerprint density at radius 2 is 1.86 bits per heavy atom. The zero-order valence-electron chi connectivity index (χ0n) is 14.9. The smallest absolute Gasteiger partial charge is 0.251 e. The Labute approximate surface area is 170 Å². The summed E-state index contributed by atoms with van der Waals surface area (Å²) in [5.41, 5.74) is 1.77. The van der Waals surface area contributed by atoms with Crippen LogP contribution in [0.5, 0.6) is 0 Å². The van der Waals surface area contributed by atoms with E-state index in [0.717, 1.165) is 10.6 Å². The van der Waals surface area contributed by atoms with Crippen LogP contribution in [0.25, 0.3) is 10.7 Å². The minimum Gasteiger partial charge on any atom is -0.343 e. The predicted molar refractivity (Wildman–Crippen MR) is 111 cm³/mol. The van der Waals surface area contributed by atoms with Crippen molar-refractivity contribution in [3.63, 3.8) is 0 Å². The van der Waals surface area contributed by atoms with E-state index in [1.807, 2.05) is 60.0 Å². The molecule has 0 aliphatic carbocycles. The average Bonchev–Trinajstić information content (AvgIpc) is 3.43. The zero-order chi connectivity index (χ0) is 19.2. The van der Waals surface area contributed by atoms with Crippen molar-refractivity contribution in [3.8, 4) is 10.7 Å². The largest absolute Gasteiger partial charge is 0.343 e. The maximum atomic E-state index is 12.3. The first-order valence-corrected chi connectivity index (χ1v) is 10.6. The molecule has 0 radical (unpaired) electrons. The number of hydrogen-bond donors (Lipinski definition) is 1. The number of amides is 1. The lowest BCUT2D eigenvalue weighted by molar-refractivity contribution is 0.0946. The molecule has 1 amide bonds. The normalized spacial score (nSPS) is 10.7. The summed E-state index contributed by atoms with van der Waals surface area (Å²) in [6.07, 6.45) is 0. The lowest BCUT2D eigenvalue weighted by Gasteiger charge is -2.05. The Bertz CT molecular complexity index is 1030. The van der Waals surface area contributed by atoms with Crippen molar-refractivity contribution in [2.75, 3.05) is 0 Å². The van der Waals surface area contributed by atoms with Gasteiger partial charge in [0.1, 0.15) is 0 Å². The van der Waals surface area contributed by atoms with Crippen molar-refractivity contribution in [1.29, 1.82) is 0 Å². The van der Waals surface area contributed by atoms with Gasteiger partial charge >= 0.3 is 0 Å². The molecule has 0 fully saturated rings. The van der Waals surface area contributed by atoms with Gasteiger partial charge in [-0.05, 0) is 41.3 Å². The summed E-state index contributed by atoms with van der Waals surface area (Å²) in [5, 5.41) is 8.70. The fraction of sp³-hybridized carbons (Fsp3) is 0.0952. The molecule has 0 saturated carbocycles. The molecule has 28 heavy (non-hydrogen) atoms. The first-order chi connectivity index (χ1) is 13.8. The topological polar surface area (TPSA) is 68.0 Å². The Morgan fingerprint density at radius 3 is 2.61 bits per heavy atom. The molecule has 4 aromatic rings. The molecule has 140 valence electrons. The van der Waals surface area contributed by atoms with Gasteiger partial charge in [-0.1, -0.05) is 41.6 Å². The lowest BCUT2D eigenvalue weighted by Crippen LogP contribution is -2.22. The third kappa shape index (κ3) is 4.68. The SMILES string of the molecule is O=C(NCc1nc(-c2cccs2)no1)c1ccc(CSc2ccccc2)cc1. The zero-order valence-corrected chi connectivity index (χ0v) is 16.5. The van der Waals surface area contributed by atoms with Crippen LogP contribution in [0.2, 0.25) is 0 Å². The van der Waals surface area contributed by atoms with Gasteiger partial charge in [-0.2, -0.15) is 4.98 Å². The van der Waals surface area contributed by atoms with Gasteiger partial charge < -0.3 is 9.84 Å². The van der Waals surface area contributed by atoms with E-state index in [0.29, 0.717) is 17.3 Å². The lowest BCUT2D eigenvalue weighted by atomic mass is 10.1. The van der Waals surface area contributed by atoms with E-state index < -0.39 is 0 Å². The fourth-order valence-electron chi connectivity index (χ4n) is 2.53. The number of thiophene rings is 1. The van der Waals surface area contributed by atoms with E-state index in [1.165, 1.54) is 10.5 Å². The Balaban J connectivity index is 1.30.